The van der Waals surface area contributed by atoms with Crippen LogP contribution in [0.5, 0.6) is 0 Å². The minimum atomic E-state index is 0.0459. The van der Waals surface area contributed by atoms with Crippen LogP contribution in [0.4, 0.5) is 5.69 Å². The van der Waals surface area contributed by atoms with Gasteiger partial charge in [-0.05, 0) is 41.5 Å². The second-order valence-corrected chi connectivity index (χ2v) is 8.02. The van der Waals surface area contributed by atoms with E-state index in [1.807, 2.05) is 91.0 Å². The van der Waals surface area contributed by atoms with Gasteiger partial charge in [0.15, 0.2) is 0 Å². The van der Waals surface area contributed by atoms with Crippen molar-refractivity contribution >= 4 is 50.8 Å². The van der Waals surface area contributed by atoms with Crippen LogP contribution in [0.1, 0.15) is 11.1 Å². The molecule has 0 aliphatic carbocycles. The summed E-state index contributed by atoms with van der Waals surface area (Å²) in [7, 11) is 0. The first-order valence-electron chi connectivity index (χ1n) is 8.52. The Morgan fingerprint density at radius 2 is 1.44 bits per heavy atom. The van der Waals surface area contributed by atoms with Gasteiger partial charge >= 0.3 is 0 Å². The molecule has 0 saturated heterocycles. The summed E-state index contributed by atoms with van der Waals surface area (Å²) < 4.78 is 0.988. The Balaban J connectivity index is 1.75. The fourth-order valence-corrected chi connectivity index (χ4v) is 4.20. The molecular formula is C23H16BrNOS. The molecule has 27 heavy (non-hydrogen) atoms. The van der Waals surface area contributed by atoms with Gasteiger partial charge in [0.05, 0.1) is 15.5 Å². The summed E-state index contributed by atoms with van der Waals surface area (Å²) in [6.07, 6.45) is 1.95. The van der Waals surface area contributed by atoms with Crippen molar-refractivity contribution in [1.29, 1.82) is 0 Å². The lowest BCUT2D eigenvalue weighted by molar-refractivity contribution is -0.109. The zero-order chi connectivity index (χ0) is 18.6. The van der Waals surface area contributed by atoms with Crippen LogP contribution in [-0.2, 0) is 4.79 Å². The van der Waals surface area contributed by atoms with E-state index in [1.165, 1.54) is 11.8 Å². The van der Waals surface area contributed by atoms with Gasteiger partial charge < -0.3 is 5.32 Å². The van der Waals surface area contributed by atoms with Gasteiger partial charge in [0.25, 0.3) is 0 Å². The molecule has 0 amide bonds. The Bertz CT molecular complexity index is 1020. The molecule has 3 aromatic rings. The number of carbonyl (C=O) groups excluding carboxylic acids is 1. The van der Waals surface area contributed by atoms with Crippen molar-refractivity contribution in [2.24, 2.45) is 0 Å². The third kappa shape index (κ3) is 4.07. The number of hydrogen-bond acceptors (Lipinski definition) is 3. The number of Topliss-reactive ketones (excluding diaryl/α,β-unsaturated/α-hetero) is 1. The van der Waals surface area contributed by atoms with Gasteiger partial charge in [-0.15, -0.1) is 0 Å². The normalized spacial score (nSPS) is 15.4. The number of allylic oxidation sites excluding steroid dienone is 2. The van der Waals surface area contributed by atoms with E-state index in [9.17, 15) is 4.79 Å². The summed E-state index contributed by atoms with van der Waals surface area (Å²) in [6, 6.07) is 27.7. The second-order valence-electron chi connectivity index (χ2n) is 6.05. The highest BCUT2D eigenvalue weighted by Gasteiger charge is 2.30. The van der Waals surface area contributed by atoms with E-state index in [2.05, 4.69) is 21.2 Å². The van der Waals surface area contributed by atoms with E-state index >= 15 is 0 Å². The van der Waals surface area contributed by atoms with E-state index in [-0.39, 0.29) is 5.78 Å². The monoisotopic (exact) mass is 433 g/mol. The number of halogens is 1. The lowest BCUT2D eigenvalue weighted by Gasteiger charge is -2.09. The highest BCUT2D eigenvalue weighted by Crippen LogP contribution is 2.44. The molecule has 0 aromatic heterocycles. The lowest BCUT2D eigenvalue weighted by atomic mass is 10.0. The predicted octanol–water partition coefficient (Wildman–Crippen LogP) is 6.59. The first-order chi connectivity index (χ1) is 13.2. The van der Waals surface area contributed by atoms with Crippen LogP contribution in [0, 0.1) is 0 Å². The summed E-state index contributed by atoms with van der Waals surface area (Å²) in [5.41, 5.74) is 3.59. The summed E-state index contributed by atoms with van der Waals surface area (Å²) >= 11 is 4.94. The van der Waals surface area contributed by atoms with Gasteiger partial charge in [-0.25, -0.2) is 0 Å². The van der Waals surface area contributed by atoms with Gasteiger partial charge in [0.2, 0.25) is 5.78 Å². The number of hydrogen-bond donors (Lipinski definition) is 1. The molecule has 0 radical (unpaired) electrons. The largest absolute Gasteiger partial charge is 0.349 e. The predicted molar refractivity (Wildman–Crippen MR) is 118 cm³/mol. The second kappa shape index (κ2) is 7.99. The first-order valence-corrected chi connectivity index (χ1v) is 10.1. The molecule has 0 atom stereocenters. The van der Waals surface area contributed by atoms with Gasteiger partial charge in [-0.1, -0.05) is 88.4 Å². The number of anilines is 1. The van der Waals surface area contributed by atoms with E-state index < -0.39 is 0 Å². The van der Waals surface area contributed by atoms with Crippen molar-refractivity contribution in [2.45, 2.75) is 0 Å². The van der Waals surface area contributed by atoms with Gasteiger partial charge in [0, 0.05) is 10.2 Å². The molecule has 0 unspecified atom stereocenters. The Morgan fingerprint density at radius 1 is 0.815 bits per heavy atom. The summed E-state index contributed by atoms with van der Waals surface area (Å²) in [5.74, 6) is 0.0459. The lowest BCUT2D eigenvalue weighted by Crippen LogP contribution is -2.01. The fourth-order valence-electron chi connectivity index (χ4n) is 2.85. The van der Waals surface area contributed by atoms with Crippen molar-refractivity contribution in [2.75, 3.05) is 5.32 Å². The highest BCUT2D eigenvalue weighted by molar-refractivity contribution is 9.10. The van der Waals surface area contributed by atoms with Crippen molar-refractivity contribution in [3.05, 3.63) is 110 Å². The Labute approximate surface area is 171 Å². The average Bonchev–Trinajstić information content (AvgIpc) is 2.99. The molecule has 0 fully saturated rings. The maximum atomic E-state index is 13.2. The van der Waals surface area contributed by atoms with Crippen LogP contribution >= 0.6 is 27.7 Å². The van der Waals surface area contributed by atoms with Crippen molar-refractivity contribution in [1.82, 2.24) is 0 Å². The molecule has 0 saturated carbocycles. The summed E-state index contributed by atoms with van der Waals surface area (Å²) in [4.78, 5) is 13.9. The van der Waals surface area contributed by atoms with Gasteiger partial charge in [-0.2, -0.15) is 0 Å². The number of benzene rings is 3. The number of para-hydroxylation sites is 1. The summed E-state index contributed by atoms with van der Waals surface area (Å²) in [6.45, 7) is 0. The third-order valence-electron chi connectivity index (χ3n) is 4.15. The first kappa shape index (κ1) is 17.8. The van der Waals surface area contributed by atoms with Crippen LogP contribution in [0.2, 0.25) is 0 Å². The quantitative estimate of drug-likeness (QED) is 0.470. The van der Waals surface area contributed by atoms with Crippen molar-refractivity contribution in [3.8, 4) is 0 Å². The van der Waals surface area contributed by atoms with Gasteiger partial charge in [0.1, 0.15) is 0 Å². The molecule has 132 valence electrons. The Hall–Kier alpha value is -2.56. The SMILES string of the molecule is O=C1C(c2ccc(Br)cc2)=C(Nc2ccccc2)S/C1=C\c1ccccc1. The van der Waals surface area contributed by atoms with E-state index in [0.717, 1.165) is 31.2 Å². The zero-order valence-corrected chi connectivity index (χ0v) is 16.8. The molecule has 4 heteroatoms. The zero-order valence-electron chi connectivity index (χ0n) is 14.4. The van der Waals surface area contributed by atoms with E-state index in [4.69, 9.17) is 0 Å². The molecule has 1 heterocycles. The molecule has 3 aromatic carbocycles. The minimum Gasteiger partial charge on any atom is -0.349 e. The number of nitrogens with one attached hydrogen (secondary N) is 1. The van der Waals surface area contributed by atoms with Crippen molar-refractivity contribution < 1.29 is 4.79 Å². The Morgan fingerprint density at radius 3 is 2.11 bits per heavy atom. The Kier molecular flexibility index (Phi) is 5.28. The van der Waals surface area contributed by atoms with Crippen molar-refractivity contribution in [3.63, 3.8) is 0 Å². The molecule has 1 aliphatic heterocycles. The van der Waals surface area contributed by atoms with Crippen LogP contribution in [0.25, 0.3) is 11.6 Å². The molecule has 0 bridgehead atoms. The molecule has 4 rings (SSSR count). The highest BCUT2D eigenvalue weighted by atomic mass is 79.9. The standard InChI is InChI=1S/C23H16BrNOS/c24-18-13-11-17(12-14-18)21-22(26)20(15-16-7-3-1-4-8-16)27-23(21)25-19-9-5-2-6-10-19/h1-15,25H/b20-15-. The van der Waals surface area contributed by atoms with Crippen LogP contribution < -0.4 is 5.32 Å². The number of rotatable bonds is 4. The maximum absolute atomic E-state index is 13.2. The summed E-state index contributed by atoms with van der Waals surface area (Å²) in [5, 5.41) is 4.28. The van der Waals surface area contributed by atoms with Gasteiger partial charge in [-0.3, -0.25) is 4.79 Å². The van der Waals surface area contributed by atoms with Crippen LogP contribution in [0.15, 0.2) is 99.3 Å². The number of ketones is 1. The number of carbonyl (C=O) groups is 1. The molecule has 1 aliphatic rings. The number of thioether (sulfide) groups is 1. The van der Waals surface area contributed by atoms with E-state index in [1.54, 1.807) is 0 Å². The average molecular weight is 434 g/mol. The third-order valence-corrected chi connectivity index (χ3v) is 5.71. The van der Waals surface area contributed by atoms with Crippen LogP contribution in [0.3, 0.4) is 0 Å². The molecule has 0 spiro atoms. The van der Waals surface area contributed by atoms with E-state index in [0.29, 0.717) is 5.57 Å². The van der Waals surface area contributed by atoms with Crippen LogP contribution in [-0.4, -0.2) is 5.78 Å². The topological polar surface area (TPSA) is 29.1 Å². The molecular weight excluding hydrogens is 418 g/mol. The fraction of sp³-hybridized carbons (Fsp3) is 0. The minimum absolute atomic E-state index is 0.0459. The molecule has 2 nitrogen and oxygen atoms in total. The molecule has 1 N–H and O–H groups in total. The maximum Gasteiger partial charge on any atom is 0.203 e. The smallest absolute Gasteiger partial charge is 0.203 e.